The largest absolute Gasteiger partial charge is 0.465 e. The molecular weight excluding hydrogens is 310 g/mol. The first-order chi connectivity index (χ1) is 11.1. The van der Waals surface area contributed by atoms with E-state index in [0.29, 0.717) is 12.1 Å². The summed E-state index contributed by atoms with van der Waals surface area (Å²) < 4.78 is 0. The molecule has 0 aliphatic rings. The third-order valence-corrected chi connectivity index (χ3v) is 4.75. The van der Waals surface area contributed by atoms with Crippen LogP contribution in [-0.2, 0) is 0 Å². The van der Waals surface area contributed by atoms with Crippen LogP contribution in [0.1, 0.15) is 17.4 Å². The zero-order chi connectivity index (χ0) is 16.2. The summed E-state index contributed by atoms with van der Waals surface area (Å²) in [4.78, 5) is 13.7. The van der Waals surface area contributed by atoms with E-state index in [-0.39, 0.29) is 6.54 Å². The van der Waals surface area contributed by atoms with Crippen molar-refractivity contribution in [2.24, 2.45) is 0 Å². The molecule has 1 atom stereocenters. The van der Waals surface area contributed by atoms with Crippen molar-refractivity contribution in [3.63, 3.8) is 0 Å². The molecule has 0 fully saturated rings. The number of aliphatic hydroxyl groups excluding tert-OH is 1. The number of aliphatic hydroxyl groups is 1. The number of hydrogen-bond donors (Lipinski definition) is 2. The van der Waals surface area contributed by atoms with Crippen LogP contribution in [0.4, 0.5) is 10.5 Å². The van der Waals surface area contributed by atoms with Crippen LogP contribution in [0.5, 0.6) is 0 Å². The molecule has 2 N–H and O–H groups in total. The molecule has 1 aromatic heterocycles. The minimum atomic E-state index is -1.02. The molecule has 5 heteroatoms. The first-order valence-corrected chi connectivity index (χ1v) is 8.24. The van der Waals surface area contributed by atoms with Crippen molar-refractivity contribution in [2.45, 2.75) is 12.5 Å². The van der Waals surface area contributed by atoms with Crippen molar-refractivity contribution in [1.29, 1.82) is 0 Å². The van der Waals surface area contributed by atoms with Gasteiger partial charge < -0.3 is 10.2 Å². The second-order valence-electron chi connectivity index (χ2n) is 5.29. The Bertz CT molecular complexity index is 801. The van der Waals surface area contributed by atoms with E-state index in [2.05, 4.69) is 0 Å². The zero-order valence-electron chi connectivity index (χ0n) is 12.4. The van der Waals surface area contributed by atoms with E-state index in [4.69, 9.17) is 0 Å². The summed E-state index contributed by atoms with van der Waals surface area (Å²) in [5.41, 5.74) is 0.620. The lowest BCUT2D eigenvalue weighted by atomic mass is 10.1. The Balaban J connectivity index is 1.78. The lowest BCUT2D eigenvalue weighted by molar-refractivity contribution is 0.170. The van der Waals surface area contributed by atoms with Gasteiger partial charge in [0.2, 0.25) is 0 Å². The normalized spacial score (nSPS) is 12.2. The van der Waals surface area contributed by atoms with Crippen LogP contribution >= 0.6 is 11.3 Å². The van der Waals surface area contributed by atoms with Gasteiger partial charge in [0.1, 0.15) is 0 Å². The van der Waals surface area contributed by atoms with Crippen LogP contribution < -0.4 is 4.90 Å². The molecule has 3 aromatic rings. The Hall–Kier alpha value is -2.37. The fraction of sp³-hybridized carbons (Fsp3) is 0.167. The maximum Gasteiger partial charge on any atom is 0.411 e. The number of rotatable bonds is 5. The summed E-state index contributed by atoms with van der Waals surface area (Å²) in [6, 6.07) is 17.1. The van der Waals surface area contributed by atoms with Gasteiger partial charge in [0, 0.05) is 17.1 Å². The van der Waals surface area contributed by atoms with E-state index >= 15 is 0 Å². The maximum absolute atomic E-state index is 11.6. The Morgan fingerprint density at radius 2 is 1.87 bits per heavy atom. The van der Waals surface area contributed by atoms with Crippen molar-refractivity contribution >= 4 is 33.9 Å². The third-order valence-electron chi connectivity index (χ3n) is 3.77. The van der Waals surface area contributed by atoms with Gasteiger partial charge in [-0.2, -0.15) is 0 Å². The molecular formula is C18H17NO3S. The number of amides is 1. The van der Waals surface area contributed by atoms with Crippen LogP contribution in [-0.4, -0.2) is 22.9 Å². The monoisotopic (exact) mass is 327 g/mol. The molecule has 23 heavy (non-hydrogen) atoms. The number of carboxylic acid groups (broad SMARTS) is 1. The van der Waals surface area contributed by atoms with Crippen molar-refractivity contribution < 1.29 is 15.0 Å². The highest BCUT2D eigenvalue weighted by atomic mass is 32.1. The fourth-order valence-corrected chi connectivity index (χ4v) is 3.30. The molecule has 2 aromatic carbocycles. The predicted octanol–water partition coefficient (Wildman–Crippen LogP) is 4.51. The number of anilines is 1. The fourth-order valence-electron chi connectivity index (χ4n) is 2.55. The average molecular weight is 327 g/mol. The molecule has 0 aliphatic carbocycles. The van der Waals surface area contributed by atoms with Crippen molar-refractivity contribution in [3.8, 4) is 0 Å². The van der Waals surface area contributed by atoms with Gasteiger partial charge in [-0.1, -0.05) is 36.4 Å². The van der Waals surface area contributed by atoms with Gasteiger partial charge in [-0.3, -0.25) is 4.90 Å². The van der Waals surface area contributed by atoms with E-state index in [1.165, 1.54) is 16.2 Å². The highest BCUT2D eigenvalue weighted by molar-refractivity contribution is 7.10. The van der Waals surface area contributed by atoms with Crippen LogP contribution in [0.3, 0.4) is 0 Å². The molecule has 0 spiro atoms. The average Bonchev–Trinajstić information content (AvgIpc) is 3.09. The Morgan fingerprint density at radius 3 is 2.57 bits per heavy atom. The van der Waals surface area contributed by atoms with Gasteiger partial charge in [-0.25, -0.2) is 4.79 Å². The quantitative estimate of drug-likeness (QED) is 0.725. The maximum atomic E-state index is 11.6. The standard InChI is InChI=1S/C18H17NO3S/c20-16(17-6-3-11-23-17)9-10-19(18(21)22)15-8-7-13-4-1-2-5-14(13)12-15/h1-8,11-12,16,20H,9-10H2,(H,21,22). The first-order valence-electron chi connectivity index (χ1n) is 7.36. The molecule has 0 saturated carbocycles. The van der Waals surface area contributed by atoms with Gasteiger partial charge in [-0.15, -0.1) is 11.3 Å². The number of thiophene rings is 1. The van der Waals surface area contributed by atoms with E-state index in [1.807, 2.05) is 53.9 Å². The highest BCUT2D eigenvalue weighted by Crippen LogP contribution is 2.25. The van der Waals surface area contributed by atoms with E-state index < -0.39 is 12.2 Å². The van der Waals surface area contributed by atoms with Crippen molar-refractivity contribution in [2.75, 3.05) is 11.4 Å². The molecule has 0 saturated heterocycles. The van der Waals surface area contributed by atoms with E-state index in [1.54, 1.807) is 6.07 Å². The summed E-state index contributed by atoms with van der Waals surface area (Å²) in [6.45, 7) is 0.243. The number of carbonyl (C=O) groups is 1. The number of nitrogens with zero attached hydrogens (tertiary/aromatic N) is 1. The zero-order valence-corrected chi connectivity index (χ0v) is 13.2. The minimum absolute atomic E-state index is 0.243. The second-order valence-corrected chi connectivity index (χ2v) is 6.26. The van der Waals surface area contributed by atoms with E-state index in [9.17, 15) is 15.0 Å². The molecule has 0 aliphatic heterocycles. The summed E-state index contributed by atoms with van der Waals surface area (Å²) >= 11 is 1.47. The summed E-state index contributed by atoms with van der Waals surface area (Å²) in [6.07, 6.45) is -1.30. The van der Waals surface area contributed by atoms with Crippen LogP contribution in [0.25, 0.3) is 10.8 Å². The van der Waals surface area contributed by atoms with Crippen LogP contribution in [0.2, 0.25) is 0 Å². The van der Waals surface area contributed by atoms with Gasteiger partial charge in [0.05, 0.1) is 6.10 Å². The highest BCUT2D eigenvalue weighted by Gasteiger charge is 2.17. The number of hydrogen-bond acceptors (Lipinski definition) is 3. The van der Waals surface area contributed by atoms with E-state index in [0.717, 1.165) is 15.6 Å². The first kappa shape index (κ1) is 15.5. The smallest absolute Gasteiger partial charge is 0.411 e. The molecule has 4 nitrogen and oxygen atoms in total. The van der Waals surface area contributed by atoms with Gasteiger partial charge >= 0.3 is 6.09 Å². The lowest BCUT2D eigenvalue weighted by Crippen LogP contribution is -2.31. The molecule has 0 bridgehead atoms. The Labute approximate surface area is 138 Å². The number of fused-ring (bicyclic) bond motifs is 1. The third kappa shape index (κ3) is 3.52. The number of benzene rings is 2. The van der Waals surface area contributed by atoms with Gasteiger partial charge in [-0.05, 0) is 40.8 Å². The topological polar surface area (TPSA) is 60.8 Å². The SMILES string of the molecule is O=C(O)N(CCC(O)c1cccs1)c1ccc2ccccc2c1. The molecule has 1 amide bonds. The minimum Gasteiger partial charge on any atom is -0.465 e. The van der Waals surface area contributed by atoms with Crippen molar-refractivity contribution in [3.05, 3.63) is 64.9 Å². The Morgan fingerprint density at radius 1 is 1.09 bits per heavy atom. The summed E-state index contributed by atoms with van der Waals surface area (Å²) in [7, 11) is 0. The predicted molar refractivity (Wildman–Crippen MR) is 93.2 cm³/mol. The Kier molecular flexibility index (Phi) is 4.60. The molecule has 0 radical (unpaired) electrons. The van der Waals surface area contributed by atoms with Crippen LogP contribution in [0.15, 0.2) is 60.0 Å². The van der Waals surface area contributed by atoms with Gasteiger partial charge in [0.15, 0.2) is 0 Å². The molecule has 118 valence electrons. The molecule has 3 rings (SSSR count). The van der Waals surface area contributed by atoms with Gasteiger partial charge in [0.25, 0.3) is 0 Å². The molecule has 1 unspecified atom stereocenters. The van der Waals surface area contributed by atoms with Crippen molar-refractivity contribution in [1.82, 2.24) is 0 Å². The second kappa shape index (κ2) is 6.81. The summed E-state index contributed by atoms with van der Waals surface area (Å²) in [5.74, 6) is 0. The summed E-state index contributed by atoms with van der Waals surface area (Å²) in [5, 5.41) is 23.6. The van der Waals surface area contributed by atoms with Crippen LogP contribution in [0, 0.1) is 0 Å². The molecule has 1 heterocycles. The lowest BCUT2D eigenvalue weighted by Gasteiger charge is -2.21.